The molecule has 1 rings (SSSR count). The number of pyridine rings is 1. The fraction of sp³-hybridized carbons (Fsp3) is 0.667. The van der Waals surface area contributed by atoms with Crippen molar-refractivity contribution < 1.29 is 14.2 Å². The summed E-state index contributed by atoms with van der Waals surface area (Å²) >= 11 is 0. The number of nitrogens with one attached hydrogen (secondary N) is 2. The zero-order valence-corrected chi connectivity index (χ0v) is 15.7. The van der Waals surface area contributed by atoms with E-state index in [9.17, 15) is 0 Å². The van der Waals surface area contributed by atoms with Gasteiger partial charge in [-0.3, -0.25) is 0 Å². The Morgan fingerprint density at radius 2 is 2.04 bits per heavy atom. The molecule has 0 bridgehead atoms. The normalized spacial score (nSPS) is 11.4. The average Bonchev–Trinajstić information content (AvgIpc) is 2.64. The zero-order valence-electron chi connectivity index (χ0n) is 15.7. The standard InChI is InChI=1S/C18H32N4O3/c1-4-11-25-17-16(8-6-9-20-17)15-22-18(19-5-2)21-10-7-12-24-14-13-23-3/h6,8-9H,4-5,7,10-15H2,1-3H3,(H2,19,21,22). The van der Waals surface area contributed by atoms with E-state index in [0.717, 1.165) is 37.5 Å². The van der Waals surface area contributed by atoms with Crippen LogP contribution in [0.1, 0.15) is 32.3 Å². The van der Waals surface area contributed by atoms with Crippen molar-refractivity contribution in [1.82, 2.24) is 15.6 Å². The van der Waals surface area contributed by atoms with Crippen LogP contribution in [0.2, 0.25) is 0 Å². The van der Waals surface area contributed by atoms with Gasteiger partial charge in [-0.25, -0.2) is 9.98 Å². The number of nitrogens with zero attached hydrogens (tertiary/aromatic N) is 2. The predicted molar refractivity (Wildman–Crippen MR) is 100 cm³/mol. The third-order valence-corrected chi connectivity index (χ3v) is 3.23. The number of hydrogen-bond donors (Lipinski definition) is 2. The van der Waals surface area contributed by atoms with Gasteiger partial charge in [0.05, 0.1) is 26.4 Å². The second-order valence-corrected chi connectivity index (χ2v) is 5.40. The molecule has 7 nitrogen and oxygen atoms in total. The fourth-order valence-electron chi connectivity index (χ4n) is 2.00. The summed E-state index contributed by atoms with van der Waals surface area (Å²) in [5.41, 5.74) is 0.982. The lowest BCUT2D eigenvalue weighted by atomic mass is 10.3. The Morgan fingerprint density at radius 1 is 1.16 bits per heavy atom. The van der Waals surface area contributed by atoms with E-state index >= 15 is 0 Å². The molecular weight excluding hydrogens is 320 g/mol. The van der Waals surface area contributed by atoms with Gasteiger partial charge in [0.2, 0.25) is 5.88 Å². The van der Waals surface area contributed by atoms with Crippen molar-refractivity contribution in [3.63, 3.8) is 0 Å². The minimum atomic E-state index is 0.520. The highest BCUT2D eigenvalue weighted by Crippen LogP contribution is 2.15. The molecule has 1 aromatic heterocycles. The van der Waals surface area contributed by atoms with Gasteiger partial charge in [0.15, 0.2) is 5.96 Å². The summed E-state index contributed by atoms with van der Waals surface area (Å²) in [7, 11) is 1.67. The first-order valence-electron chi connectivity index (χ1n) is 8.97. The van der Waals surface area contributed by atoms with Gasteiger partial charge in [0.1, 0.15) is 0 Å². The van der Waals surface area contributed by atoms with Crippen molar-refractivity contribution in [1.29, 1.82) is 0 Å². The molecule has 0 aliphatic carbocycles. The minimum absolute atomic E-state index is 0.520. The number of ether oxygens (including phenoxy) is 3. The lowest BCUT2D eigenvalue weighted by Crippen LogP contribution is -2.38. The molecule has 0 fully saturated rings. The molecule has 0 radical (unpaired) electrons. The highest BCUT2D eigenvalue weighted by atomic mass is 16.5. The van der Waals surface area contributed by atoms with Crippen molar-refractivity contribution in [3.05, 3.63) is 23.9 Å². The largest absolute Gasteiger partial charge is 0.477 e. The zero-order chi connectivity index (χ0) is 18.2. The Bertz CT molecular complexity index is 483. The van der Waals surface area contributed by atoms with Crippen LogP contribution < -0.4 is 15.4 Å². The third kappa shape index (κ3) is 9.89. The molecule has 2 N–H and O–H groups in total. The first-order chi connectivity index (χ1) is 12.3. The molecular formula is C18H32N4O3. The van der Waals surface area contributed by atoms with E-state index in [1.807, 2.05) is 19.1 Å². The van der Waals surface area contributed by atoms with Crippen LogP contribution in [-0.2, 0) is 16.0 Å². The summed E-state index contributed by atoms with van der Waals surface area (Å²) < 4.78 is 16.1. The van der Waals surface area contributed by atoms with E-state index < -0.39 is 0 Å². The highest BCUT2D eigenvalue weighted by molar-refractivity contribution is 5.79. The van der Waals surface area contributed by atoms with Crippen molar-refractivity contribution >= 4 is 5.96 Å². The van der Waals surface area contributed by atoms with Crippen LogP contribution >= 0.6 is 0 Å². The van der Waals surface area contributed by atoms with Crippen LogP contribution in [0.3, 0.4) is 0 Å². The summed E-state index contributed by atoms with van der Waals surface area (Å²) in [6, 6.07) is 3.90. The van der Waals surface area contributed by atoms with Gasteiger partial charge in [-0.05, 0) is 25.8 Å². The number of guanidine groups is 1. The van der Waals surface area contributed by atoms with Crippen molar-refractivity contribution in [3.8, 4) is 5.88 Å². The second kappa shape index (κ2) is 14.5. The Balaban J connectivity index is 2.44. The van der Waals surface area contributed by atoms with E-state index in [2.05, 4.69) is 27.5 Å². The van der Waals surface area contributed by atoms with E-state index in [4.69, 9.17) is 14.2 Å². The van der Waals surface area contributed by atoms with Gasteiger partial charge in [-0.1, -0.05) is 13.0 Å². The van der Waals surface area contributed by atoms with Crippen LogP contribution in [0.15, 0.2) is 23.3 Å². The van der Waals surface area contributed by atoms with Crippen molar-refractivity contribution in [2.45, 2.75) is 33.2 Å². The molecule has 0 spiro atoms. The van der Waals surface area contributed by atoms with E-state index in [-0.39, 0.29) is 0 Å². The maximum atomic E-state index is 5.68. The van der Waals surface area contributed by atoms with Crippen LogP contribution in [0.5, 0.6) is 5.88 Å². The molecule has 0 saturated carbocycles. The molecule has 0 aliphatic rings. The minimum Gasteiger partial charge on any atom is -0.477 e. The van der Waals surface area contributed by atoms with Crippen LogP contribution in [0.4, 0.5) is 0 Å². The van der Waals surface area contributed by atoms with Crippen molar-refractivity contribution in [2.75, 3.05) is 46.6 Å². The summed E-state index contributed by atoms with van der Waals surface area (Å²) in [6.45, 7) is 8.87. The first-order valence-corrected chi connectivity index (χ1v) is 8.97. The van der Waals surface area contributed by atoms with Gasteiger partial charge < -0.3 is 24.8 Å². The molecule has 142 valence electrons. The second-order valence-electron chi connectivity index (χ2n) is 5.40. The quantitative estimate of drug-likeness (QED) is 0.321. The van der Waals surface area contributed by atoms with Crippen molar-refractivity contribution in [2.24, 2.45) is 4.99 Å². The summed E-state index contributed by atoms with van der Waals surface area (Å²) in [4.78, 5) is 8.91. The number of hydrogen-bond acceptors (Lipinski definition) is 5. The molecule has 1 aromatic rings. The molecule has 0 atom stereocenters. The highest BCUT2D eigenvalue weighted by Gasteiger charge is 2.04. The van der Waals surface area contributed by atoms with Gasteiger partial charge in [-0.2, -0.15) is 0 Å². The summed E-state index contributed by atoms with van der Waals surface area (Å²) in [5, 5.41) is 6.55. The Hall–Kier alpha value is -1.86. The molecule has 0 saturated heterocycles. The van der Waals surface area contributed by atoms with Crippen LogP contribution in [0, 0.1) is 0 Å². The van der Waals surface area contributed by atoms with Gasteiger partial charge in [0.25, 0.3) is 0 Å². The molecule has 0 amide bonds. The van der Waals surface area contributed by atoms with Gasteiger partial charge in [-0.15, -0.1) is 0 Å². The predicted octanol–water partition coefficient (Wildman–Crippen LogP) is 1.98. The van der Waals surface area contributed by atoms with E-state index in [0.29, 0.717) is 38.9 Å². The Morgan fingerprint density at radius 3 is 2.80 bits per heavy atom. The maximum absolute atomic E-state index is 5.68. The summed E-state index contributed by atoms with van der Waals surface area (Å²) in [6.07, 6.45) is 3.60. The van der Waals surface area contributed by atoms with Gasteiger partial charge >= 0.3 is 0 Å². The average molecular weight is 352 g/mol. The first kappa shape index (κ1) is 21.2. The third-order valence-electron chi connectivity index (χ3n) is 3.23. The molecule has 0 unspecified atom stereocenters. The van der Waals surface area contributed by atoms with E-state index in [1.165, 1.54) is 0 Å². The molecule has 7 heteroatoms. The monoisotopic (exact) mass is 352 g/mol. The lowest BCUT2D eigenvalue weighted by molar-refractivity contribution is 0.0698. The van der Waals surface area contributed by atoms with Crippen LogP contribution in [-0.4, -0.2) is 57.6 Å². The Labute approximate surface area is 151 Å². The fourth-order valence-corrected chi connectivity index (χ4v) is 2.00. The maximum Gasteiger partial charge on any atom is 0.218 e. The number of aromatic nitrogens is 1. The lowest BCUT2D eigenvalue weighted by Gasteiger charge is -2.12. The SMILES string of the molecule is CCCOc1ncccc1CN=C(NCC)NCCCOCCOC. The molecule has 0 aromatic carbocycles. The molecule has 0 aliphatic heterocycles. The molecule has 25 heavy (non-hydrogen) atoms. The summed E-state index contributed by atoms with van der Waals surface area (Å²) in [5.74, 6) is 1.44. The number of rotatable bonds is 13. The number of aliphatic imine (C=N–C) groups is 1. The topological polar surface area (TPSA) is 77.0 Å². The molecule has 1 heterocycles. The van der Waals surface area contributed by atoms with E-state index in [1.54, 1.807) is 13.3 Å². The van der Waals surface area contributed by atoms with Crippen LogP contribution in [0.25, 0.3) is 0 Å². The Kier molecular flexibility index (Phi) is 12.3. The van der Waals surface area contributed by atoms with Gasteiger partial charge in [0, 0.05) is 38.6 Å². The smallest absolute Gasteiger partial charge is 0.218 e. The number of methoxy groups -OCH3 is 1.